The van der Waals surface area contributed by atoms with Crippen LogP contribution < -0.4 is 0 Å². The van der Waals surface area contributed by atoms with Crippen LogP contribution in [-0.4, -0.2) is 53.5 Å². The maximum Gasteiger partial charge on any atom is 0.290 e. The Morgan fingerprint density at radius 3 is 2.22 bits per heavy atom. The summed E-state index contributed by atoms with van der Waals surface area (Å²) in [6.07, 6.45) is 3.47. The van der Waals surface area contributed by atoms with Crippen molar-refractivity contribution >= 4 is 18.5 Å². The summed E-state index contributed by atoms with van der Waals surface area (Å²) in [5, 5.41) is 6.89. The van der Waals surface area contributed by atoms with Crippen molar-refractivity contribution in [3.63, 3.8) is 0 Å². The standard InChI is InChI=1S/C20H21FN2O.CH2O2/c21-19-9-5-4-8-18(19)16-22-12-14-23(15-13-22)20(24)11-10-17-6-2-1-3-7-17;2-1-3/h1-11H,12-16H2;1H,(H,2,3)/b11-10+;. The number of rotatable bonds is 4. The predicted molar refractivity (Wildman–Crippen MR) is 102 cm³/mol. The highest BCUT2D eigenvalue weighted by Gasteiger charge is 2.20. The van der Waals surface area contributed by atoms with E-state index in [4.69, 9.17) is 9.90 Å². The average Bonchev–Trinajstić information content (AvgIpc) is 2.70. The molecule has 27 heavy (non-hydrogen) atoms. The van der Waals surface area contributed by atoms with E-state index in [0.29, 0.717) is 25.2 Å². The number of carbonyl (C=O) groups is 2. The summed E-state index contributed by atoms with van der Waals surface area (Å²) < 4.78 is 13.7. The summed E-state index contributed by atoms with van der Waals surface area (Å²) in [5.74, 6) is -0.133. The minimum atomic E-state index is -0.250. The van der Waals surface area contributed by atoms with E-state index in [-0.39, 0.29) is 18.2 Å². The predicted octanol–water partition coefficient (Wildman–Crippen LogP) is 2.88. The molecular weight excluding hydrogens is 347 g/mol. The molecule has 0 aromatic heterocycles. The normalized spacial score (nSPS) is 14.5. The molecule has 5 nitrogen and oxygen atoms in total. The van der Waals surface area contributed by atoms with Gasteiger partial charge in [0.1, 0.15) is 5.82 Å². The molecule has 0 atom stereocenters. The van der Waals surface area contributed by atoms with Gasteiger partial charge in [0, 0.05) is 44.4 Å². The molecule has 1 fully saturated rings. The number of amides is 1. The van der Waals surface area contributed by atoms with Gasteiger partial charge in [-0.15, -0.1) is 0 Å². The van der Waals surface area contributed by atoms with E-state index in [1.54, 1.807) is 12.1 Å². The fourth-order valence-electron chi connectivity index (χ4n) is 2.83. The van der Waals surface area contributed by atoms with Crippen LogP contribution in [0.4, 0.5) is 4.39 Å². The Kier molecular flexibility index (Phi) is 8.19. The minimum absolute atomic E-state index is 0.0318. The molecule has 142 valence electrons. The lowest BCUT2D eigenvalue weighted by molar-refractivity contribution is -0.127. The first kappa shape index (κ1) is 20.3. The van der Waals surface area contributed by atoms with Crippen LogP contribution in [0.15, 0.2) is 60.7 Å². The fraction of sp³-hybridized carbons (Fsp3) is 0.238. The van der Waals surface area contributed by atoms with Crippen molar-refractivity contribution in [1.82, 2.24) is 9.80 Å². The van der Waals surface area contributed by atoms with E-state index < -0.39 is 0 Å². The molecule has 1 N–H and O–H groups in total. The molecule has 3 rings (SSSR count). The molecule has 1 heterocycles. The summed E-state index contributed by atoms with van der Waals surface area (Å²) in [7, 11) is 0. The van der Waals surface area contributed by atoms with Crippen molar-refractivity contribution in [2.75, 3.05) is 26.2 Å². The Balaban J connectivity index is 0.000000817. The molecule has 6 heteroatoms. The van der Waals surface area contributed by atoms with Gasteiger partial charge < -0.3 is 10.0 Å². The highest BCUT2D eigenvalue weighted by atomic mass is 19.1. The summed E-state index contributed by atoms with van der Waals surface area (Å²) >= 11 is 0. The van der Waals surface area contributed by atoms with E-state index in [2.05, 4.69) is 4.90 Å². The number of halogens is 1. The van der Waals surface area contributed by atoms with E-state index in [1.807, 2.05) is 53.4 Å². The van der Waals surface area contributed by atoms with Gasteiger partial charge in [-0.05, 0) is 17.7 Å². The average molecular weight is 370 g/mol. The number of hydrogen-bond acceptors (Lipinski definition) is 3. The van der Waals surface area contributed by atoms with Gasteiger partial charge in [0.05, 0.1) is 0 Å². The van der Waals surface area contributed by atoms with Gasteiger partial charge in [-0.2, -0.15) is 0 Å². The van der Waals surface area contributed by atoms with Crippen LogP contribution in [0.5, 0.6) is 0 Å². The van der Waals surface area contributed by atoms with Crippen LogP contribution >= 0.6 is 0 Å². The number of carbonyl (C=O) groups excluding carboxylic acids is 1. The number of nitrogens with zero attached hydrogens (tertiary/aromatic N) is 2. The third-order valence-electron chi connectivity index (χ3n) is 4.25. The quantitative estimate of drug-likeness (QED) is 0.664. The lowest BCUT2D eigenvalue weighted by atomic mass is 10.2. The second-order valence-electron chi connectivity index (χ2n) is 6.04. The third-order valence-corrected chi connectivity index (χ3v) is 4.25. The van der Waals surface area contributed by atoms with Gasteiger partial charge in [-0.25, -0.2) is 4.39 Å². The molecule has 0 saturated carbocycles. The van der Waals surface area contributed by atoms with Crippen molar-refractivity contribution in [2.24, 2.45) is 0 Å². The maximum atomic E-state index is 13.7. The van der Waals surface area contributed by atoms with E-state index in [0.717, 1.165) is 18.7 Å². The van der Waals surface area contributed by atoms with E-state index in [9.17, 15) is 9.18 Å². The molecule has 0 bridgehead atoms. The summed E-state index contributed by atoms with van der Waals surface area (Å²) in [5.41, 5.74) is 1.73. The highest BCUT2D eigenvalue weighted by molar-refractivity contribution is 5.91. The SMILES string of the molecule is O=C(/C=C/c1ccccc1)N1CCN(Cc2ccccc2F)CC1.O=CO. The molecule has 2 aromatic carbocycles. The molecule has 1 amide bonds. The van der Waals surface area contributed by atoms with Gasteiger partial charge in [0.25, 0.3) is 6.47 Å². The Hall–Kier alpha value is -2.99. The van der Waals surface area contributed by atoms with Crippen LogP contribution in [0.3, 0.4) is 0 Å². The zero-order chi connectivity index (χ0) is 19.5. The smallest absolute Gasteiger partial charge is 0.290 e. The minimum Gasteiger partial charge on any atom is -0.483 e. The largest absolute Gasteiger partial charge is 0.483 e. The topological polar surface area (TPSA) is 60.9 Å². The number of benzene rings is 2. The number of carboxylic acid groups (broad SMARTS) is 1. The lowest BCUT2D eigenvalue weighted by Crippen LogP contribution is -2.47. The Morgan fingerprint density at radius 2 is 1.59 bits per heavy atom. The summed E-state index contributed by atoms with van der Waals surface area (Å²) in [4.78, 5) is 24.6. The van der Waals surface area contributed by atoms with Crippen LogP contribution in [0.2, 0.25) is 0 Å². The number of hydrogen-bond donors (Lipinski definition) is 1. The van der Waals surface area contributed by atoms with Gasteiger partial charge in [0.15, 0.2) is 0 Å². The van der Waals surface area contributed by atoms with Crippen LogP contribution in [0.25, 0.3) is 6.08 Å². The van der Waals surface area contributed by atoms with Crippen molar-refractivity contribution in [2.45, 2.75) is 6.54 Å². The zero-order valence-electron chi connectivity index (χ0n) is 15.0. The molecule has 1 aliphatic heterocycles. The molecule has 1 saturated heterocycles. The van der Waals surface area contributed by atoms with Crippen molar-refractivity contribution in [3.05, 3.63) is 77.6 Å². The van der Waals surface area contributed by atoms with Gasteiger partial charge >= 0.3 is 0 Å². The van der Waals surface area contributed by atoms with Crippen molar-refractivity contribution < 1.29 is 19.1 Å². The second kappa shape index (κ2) is 10.9. The first-order chi connectivity index (χ1) is 13.1. The van der Waals surface area contributed by atoms with Crippen LogP contribution in [-0.2, 0) is 16.1 Å². The molecular formula is C21H23FN2O3. The Morgan fingerprint density at radius 1 is 1.00 bits per heavy atom. The molecule has 0 spiro atoms. The first-order valence-electron chi connectivity index (χ1n) is 8.69. The van der Waals surface area contributed by atoms with E-state index >= 15 is 0 Å². The molecule has 0 aliphatic carbocycles. The van der Waals surface area contributed by atoms with Crippen LogP contribution in [0, 0.1) is 5.82 Å². The second-order valence-corrected chi connectivity index (χ2v) is 6.04. The zero-order valence-corrected chi connectivity index (χ0v) is 15.0. The van der Waals surface area contributed by atoms with Crippen LogP contribution in [0.1, 0.15) is 11.1 Å². The molecule has 0 radical (unpaired) electrons. The third kappa shape index (κ3) is 6.67. The molecule has 1 aliphatic rings. The maximum absolute atomic E-state index is 13.7. The van der Waals surface area contributed by atoms with Gasteiger partial charge in [0.2, 0.25) is 5.91 Å². The molecule has 2 aromatic rings. The lowest BCUT2D eigenvalue weighted by Gasteiger charge is -2.34. The summed E-state index contributed by atoms with van der Waals surface area (Å²) in [6.45, 7) is 3.21. The highest BCUT2D eigenvalue weighted by Crippen LogP contribution is 2.12. The van der Waals surface area contributed by atoms with Gasteiger partial charge in [-0.1, -0.05) is 48.5 Å². The van der Waals surface area contributed by atoms with Gasteiger partial charge in [-0.3, -0.25) is 14.5 Å². The monoisotopic (exact) mass is 370 g/mol. The number of piperazine rings is 1. The van der Waals surface area contributed by atoms with Crippen molar-refractivity contribution in [1.29, 1.82) is 0 Å². The van der Waals surface area contributed by atoms with E-state index in [1.165, 1.54) is 6.07 Å². The Bertz CT molecular complexity index is 757. The first-order valence-corrected chi connectivity index (χ1v) is 8.69. The Labute approximate surface area is 158 Å². The molecule has 0 unspecified atom stereocenters. The fourth-order valence-corrected chi connectivity index (χ4v) is 2.83. The van der Waals surface area contributed by atoms with Crippen molar-refractivity contribution in [3.8, 4) is 0 Å². The summed E-state index contributed by atoms with van der Waals surface area (Å²) in [6, 6.07) is 16.7.